The summed E-state index contributed by atoms with van der Waals surface area (Å²) in [5, 5.41) is 0. The van der Waals surface area contributed by atoms with Crippen LogP contribution in [0.15, 0.2) is 18.2 Å². The molecule has 2 rings (SSSR count). The van der Waals surface area contributed by atoms with E-state index in [0.29, 0.717) is 0 Å². The average molecular weight is 238 g/mol. The lowest BCUT2D eigenvalue weighted by atomic mass is 10.1. The number of nitrogen functional groups attached to an aromatic ring is 1. The molecule has 1 aliphatic heterocycles. The molecule has 1 fully saturated rings. The quantitative estimate of drug-likeness (QED) is 0.801. The van der Waals surface area contributed by atoms with E-state index < -0.39 is 0 Å². The summed E-state index contributed by atoms with van der Waals surface area (Å²) in [7, 11) is 0. The van der Waals surface area contributed by atoms with Crippen LogP contribution in [-0.2, 0) is 11.3 Å². The van der Waals surface area contributed by atoms with Gasteiger partial charge in [-0.15, -0.1) is 0 Å². The molecule has 4 heteroatoms. The molecule has 0 amide bonds. The predicted octanol–water partition coefficient (Wildman–Crippen LogP) is 2.02. The fourth-order valence-corrected chi connectivity index (χ4v) is 2.34. The first-order valence-corrected chi connectivity index (χ1v) is 5.96. The molecule has 2 unspecified atom stereocenters. The Morgan fingerprint density at radius 3 is 2.59 bits per heavy atom. The SMILES string of the molecule is CC1CN(Cc2ccc(N)c(F)c2)CC(C)O1. The third kappa shape index (κ3) is 3.17. The van der Waals surface area contributed by atoms with E-state index in [-0.39, 0.29) is 23.7 Å². The van der Waals surface area contributed by atoms with E-state index >= 15 is 0 Å². The summed E-state index contributed by atoms with van der Waals surface area (Å²) < 4.78 is 19.0. The highest BCUT2D eigenvalue weighted by atomic mass is 19.1. The molecule has 2 atom stereocenters. The minimum absolute atomic E-state index is 0.206. The van der Waals surface area contributed by atoms with Crippen LogP contribution in [0.1, 0.15) is 19.4 Å². The van der Waals surface area contributed by atoms with Crippen molar-refractivity contribution in [1.82, 2.24) is 4.90 Å². The summed E-state index contributed by atoms with van der Waals surface area (Å²) >= 11 is 0. The minimum Gasteiger partial charge on any atom is -0.396 e. The summed E-state index contributed by atoms with van der Waals surface area (Å²) in [6.45, 7) is 6.64. The van der Waals surface area contributed by atoms with Gasteiger partial charge < -0.3 is 10.5 Å². The topological polar surface area (TPSA) is 38.5 Å². The molecule has 94 valence electrons. The molecule has 2 N–H and O–H groups in total. The standard InChI is InChI=1S/C13H19FN2O/c1-9-6-16(7-10(2)17-9)8-11-3-4-13(15)12(14)5-11/h3-5,9-10H,6-8,15H2,1-2H3. The Morgan fingerprint density at radius 1 is 1.35 bits per heavy atom. The smallest absolute Gasteiger partial charge is 0.146 e. The Balaban J connectivity index is 2.02. The van der Waals surface area contributed by atoms with Crippen LogP contribution in [0.3, 0.4) is 0 Å². The van der Waals surface area contributed by atoms with Gasteiger partial charge >= 0.3 is 0 Å². The number of rotatable bonds is 2. The van der Waals surface area contributed by atoms with Crippen molar-refractivity contribution in [2.24, 2.45) is 0 Å². The number of anilines is 1. The summed E-state index contributed by atoms with van der Waals surface area (Å²) in [5.41, 5.74) is 6.62. The average Bonchev–Trinajstić information content (AvgIpc) is 2.22. The Bertz CT molecular complexity index is 387. The second kappa shape index (κ2) is 5.02. The number of ether oxygens (including phenoxy) is 1. The number of morpholine rings is 1. The van der Waals surface area contributed by atoms with Gasteiger partial charge in [0.1, 0.15) is 5.82 Å². The van der Waals surface area contributed by atoms with Gasteiger partial charge in [0.15, 0.2) is 0 Å². The molecule has 1 heterocycles. The molecule has 0 bridgehead atoms. The van der Waals surface area contributed by atoms with Crippen LogP contribution in [-0.4, -0.2) is 30.2 Å². The zero-order valence-electron chi connectivity index (χ0n) is 10.3. The van der Waals surface area contributed by atoms with Crippen LogP contribution in [0.2, 0.25) is 0 Å². The van der Waals surface area contributed by atoms with Crippen molar-refractivity contribution in [3.05, 3.63) is 29.6 Å². The maximum absolute atomic E-state index is 13.3. The van der Waals surface area contributed by atoms with Gasteiger partial charge in [0.25, 0.3) is 0 Å². The third-order valence-corrected chi connectivity index (χ3v) is 2.97. The van der Waals surface area contributed by atoms with Gasteiger partial charge in [-0.3, -0.25) is 4.90 Å². The zero-order valence-corrected chi connectivity index (χ0v) is 10.3. The highest BCUT2D eigenvalue weighted by Gasteiger charge is 2.22. The number of nitrogens with two attached hydrogens (primary N) is 1. The fraction of sp³-hybridized carbons (Fsp3) is 0.538. The lowest BCUT2D eigenvalue weighted by Gasteiger charge is -2.35. The second-order valence-corrected chi connectivity index (χ2v) is 4.81. The molecule has 17 heavy (non-hydrogen) atoms. The molecule has 0 saturated carbocycles. The summed E-state index contributed by atoms with van der Waals surface area (Å²) in [6, 6.07) is 5.02. The van der Waals surface area contributed by atoms with E-state index in [1.165, 1.54) is 6.07 Å². The molecule has 0 spiro atoms. The Kier molecular flexibility index (Phi) is 3.64. The third-order valence-electron chi connectivity index (χ3n) is 2.97. The predicted molar refractivity (Wildman–Crippen MR) is 66.1 cm³/mol. The van der Waals surface area contributed by atoms with Gasteiger partial charge in [-0.05, 0) is 31.5 Å². The van der Waals surface area contributed by atoms with Gasteiger partial charge in [-0.1, -0.05) is 6.07 Å². The van der Waals surface area contributed by atoms with Crippen molar-refractivity contribution in [1.29, 1.82) is 0 Å². The second-order valence-electron chi connectivity index (χ2n) is 4.81. The van der Waals surface area contributed by atoms with Crippen LogP contribution in [0, 0.1) is 5.82 Å². The molecule has 3 nitrogen and oxygen atoms in total. The zero-order chi connectivity index (χ0) is 12.4. The molecule has 1 saturated heterocycles. The molecule has 1 aromatic carbocycles. The Hall–Kier alpha value is -1.13. The number of halogens is 1. The van der Waals surface area contributed by atoms with Gasteiger partial charge in [0.05, 0.1) is 17.9 Å². The van der Waals surface area contributed by atoms with Crippen LogP contribution in [0.4, 0.5) is 10.1 Å². The molecule has 1 aliphatic rings. The number of hydrogen-bond donors (Lipinski definition) is 1. The molecule has 0 aromatic heterocycles. The van der Waals surface area contributed by atoms with E-state index in [1.807, 2.05) is 6.07 Å². The largest absolute Gasteiger partial charge is 0.396 e. The first-order valence-electron chi connectivity index (χ1n) is 5.96. The number of nitrogens with zero attached hydrogens (tertiary/aromatic N) is 1. The van der Waals surface area contributed by atoms with Crippen molar-refractivity contribution >= 4 is 5.69 Å². The van der Waals surface area contributed by atoms with Crippen molar-refractivity contribution in [2.75, 3.05) is 18.8 Å². The molecule has 0 aliphatic carbocycles. The summed E-state index contributed by atoms with van der Waals surface area (Å²) in [4.78, 5) is 2.28. The van der Waals surface area contributed by atoms with Crippen molar-refractivity contribution < 1.29 is 9.13 Å². The Morgan fingerprint density at radius 2 is 2.00 bits per heavy atom. The van der Waals surface area contributed by atoms with Crippen molar-refractivity contribution in [3.63, 3.8) is 0 Å². The van der Waals surface area contributed by atoms with Crippen LogP contribution in [0.5, 0.6) is 0 Å². The van der Waals surface area contributed by atoms with Gasteiger partial charge in [-0.25, -0.2) is 4.39 Å². The highest BCUT2D eigenvalue weighted by molar-refractivity contribution is 5.41. The maximum atomic E-state index is 13.3. The van der Waals surface area contributed by atoms with Crippen LogP contribution < -0.4 is 5.73 Å². The maximum Gasteiger partial charge on any atom is 0.146 e. The van der Waals surface area contributed by atoms with Crippen LogP contribution >= 0.6 is 0 Å². The van der Waals surface area contributed by atoms with Crippen LogP contribution in [0.25, 0.3) is 0 Å². The highest BCUT2D eigenvalue weighted by Crippen LogP contribution is 2.17. The number of benzene rings is 1. The van der Waals surface area contributed by atoms with E-state index in [9.17, 15) is 4.39 Å². The molecule has 0 radical (unpaired) electrons. The van der Waals surface area contributed by atoms with E-state index in [0.717, 1.165) is 25.2 Å². The van der Waals surface area contributed by atoms with Gasteiger partial charge in [0, 0.05) is 19.6 Å². The van der Waals surface area contributed by atoms with E-state index in [2.05, 4.69) is 18.7 Å². The molecular weight excluding hydrogens is 219 g/mol. The number of hydrogen-bond acceptors (Lipinski definition) is 3. The van der Waals surface area contributed by atoms with Gasteiger partial charge in [0.2, 0.25) is 0 Å². The monoisotopic (exact) mass is 238 g/mol. The summed E-state index contributed by atoms with van der Waals surface area (Å²) in [6.07, 6.45) is 0.467. The normalized spacial score (nSPS) is 26.1. The van der Waals surface area contributed by atoms with Gasteiger partial charge in [-0.2, -0.15) is 0 Å². The molecular formula is C13H19FN2O. The Labute approximate surface area is 101 Å². The minimum atomic E-state index is -0.336. The molecule has 1 aromatic rings. The van der Waals surface area contributed by atoms with Crippen molar-refractivity contribution in [3.8, 4) is 0 Å². The lowest BCUT2D eigenvalue weighted by Crippen LogP contribution is -2.44. The van der Waals surface area contributed by atoms with Crippen molar-refractivity contribution in [2.45, 2.75) is 32.6 Å². The fourth-order valence-electron chi connectivity index (χ4n) is 2.34. The van der Waals surface area contributed by atoms with E-state index in [1.54, 1.807) is 6.07 Å². The lowest BCUT2D eigenvalue weighted by molar-refractivity contribution is -0.0705. The first-order chi connectivity index (χ1) is 8.04. The van der Waals surface area contributed by atoms with E-state index in [4.69, 9.17) is 10.5 Å². The summed E-state index contributed by atoms with van der Waals surface area (Å²) in [5.74, 6) is -0.336. The first kappa shape index (κ1) is 12.3.